The maximum atomic E-state index is 5.86. The number of aromatic nitrogens is 5. The quantitative estimate of drug-likeness (QED) is 0.711. The number of benzene rings is 1. The molecule has 0 aliphatic carbocycles. The first-order valence-electron chi connectivity index (χ1n) is 5.53. The minimum absolute atomic E-state index is 0.534. The molecule has 1 aromatic carbocycles. The van der Waals surface area contributed by atoms with Crippen molar-refractivity contribution in [2.24, 2.45) is 0 Å². The average Bonchev–Trinajstić information content (AvgIpc) is 2.98. The molecule has 0 fully saturated rings. The van der Waals surface area contributed by atoms with Crippen LogP contribution < -0.4 is 5.73 Å². The fraction of sp³-hybridized carbons (Fsp3) is 0.0833. The summed E-state index contributed by atoms with van der Waals surface area (Å²) < 4.78 is 0. The van der Waals surface area contributed by atoms with Crippen LogP contribution in [0.2, 0.25) is 0 Å². The van der Waals surface area contributed by atoms with Gasteiger partial charge in [-0.05, 0) is 13.0 Å². The zero-order valence-corrected chi connectivity index (χ0v) is 9.83. The van der Waals surface area contributed by atoms with Crippen molar-refractivity contribution >= 4 is 5.82 Å². The topological polar surface area (TPSA) is 85.4 Å². The highest BCUT2D eigenvalue weighted by atomic mass is 15.5. The lowest BCUT2D eigenvalue weighted by molar-refractivity contribution is 0.747. The molecular formula is C12H12N6. The van der Waals surface area contributed by atoms with E-state index in [0.29, 0.717) is 5.82 Å². The molecule has 0 unspecified atom stereocenters. The fourth-order valence-corrected chi connectivity index (χ4v) is 1.84. The van der Waals surface area contributed by atoms with Crippen LogP contribution in [0.3, 0.4) is 0 Å². The summed E-state index contributed by atoms with van der Waals surface area (Å²) in [5, 5.41) is 15.2. The van der Waals surface area contributed by atoms with Crippen LogP contribution in [0, 0.1) is 6.92 Å². The molecule has 3 aromatic rings. The molecule has 6 nitrogen and oxygen atoms in total. The Labute approximate surface area is 103 Å². The van der Waals surface area contributed by atoms with Crippen LogP contribution in [0.25, 0.3) is 16.8 Å². The molecule has 0 saturated heterocycles. The summed E-state index contributed by atoms with van der Waals surface area (Å²) in [6, 6.07) is 7.80. The molecule has 3 N–H and O–H groups in total. The number of rotatable bonds is 2. The highest BCUT2D eigenvalue weighted by Gasteiger charge is 2.12. The second-order valence-corrected chi connectivity index (χ2v) is 3.99. The maximum Gasteiger partial charge on any atom is 0.126 e. The molecule has 6 heteroatoms. The molecule has 3 rings (SSSR count). The smallest absolute Gasteiger partial charge is 0.126 e. The predicted molar refractivity (Wildman–Crippen MR) is 68.1 cm³/mol. The third-order valence-electron chi connectivity index (χ3n) is 2.68. The molecule has 0 atom stereocenters. The molecule has 0 aliphatic heterocycles. The molecule has 0 spiro atoms. The van der Waals surface area contributed by atoms with Crippen LogP contribution >= 0.6 is 0 Å². The van der Waals surface area contributed by atoms with Gasteiger partial charge in [-0.25, -0.2) is 0 Å². The number of para-hydroxylation sites is 1. The van der Waals surface area contributed by atoms with Crippen molar-refractivity contribution < 1.29 is 0 Å². The van der Waals surface area contributed by atoms with Crippen LogP contribution in [0.5, 0.6) is 0 Å². The second-order valence-electron chi connectivity index (χ2n) is 3.99. The van der Waals surface area contributed by atoms with Crippen molar-refractivity contribution in [3.05, 3.63) is 42.4 Å². The SMILES string of the molecule is Cc1cnn(-c2ccccc2-c2cn[nH]c2N)n1. The standard InChI is InChI=1S/C12H12N6/c1-8-6-15-18(17-8)11-5-3-2-4-9(11)10-7-14-16-12(10)13/h2-7H,1H3,(H3,13,14,16). The third-order valence-corrected chi connectivity index (χ3v) is 2.68. The van der Waals surface area contributed by atoms with Crippen molar-refractivity contribution in [3.63, 3.8) is 0 Å². The zero-order chi connectivity index (χ0) is 12.5. The number of H-pyrrole nitrogens is 1. The van der Waals surface area contributed by atoms with Crippen LogP contribution in [0.4, 0.5) is 5.82 Å². The number of nitrogens with two attached hydrogens (primary N) is 1. The first kappa shape index (κ1) is 10.5. The van der Waals surface area contributed by atoms with Crippen molar-refractivity contribution in [3.8, 4) is 16.8 Å². The number of aryl methyl sites for hydroxylation is 1. The lowest BCUT2D eigenvalue weighted by Crippen LogP contribution is -2.01. The van der Waals surface area contributed by atoms with Gasteiger partial charge in [-0.3, -0.25) is 5.10 Å². The van der Waals surface area contributed by atoms with Gasteiger partial charge in [0.05, 0.1) is 23.8 Å². The number of aromatic amines is 1. The molecule has 0 saturated carbocycles. The van der Waals surface area contributed by atoms with Crippen LogP contribution in [0.15, 0.2) is 36.7 Å². The van der Waals surface area contributed by atoms with Gasteiger partial charge in [0.25, 0.3) is 0 Å². The van der Waals surface area contributed by atoms with Gasteiger partial charge in [-0.1, -0.05) is 18.2 Å². The van der Waals surface area contributed by atoms with Crippen molar-refractivity contribution in [2.75, 3.05) is 5.73 Å². The van der Waals surface area contributed by atoms with Gasteiger partial charge < -0.3 is 5.73 Å². The Morgan fingerprint density at radius 3 is 2.67 bits per heavy atom. The van der Waals surface area contributed by atoms with E-state index in [1.807, 2.05) is 31.2 Å². The number of nitrogens with zero attached hydrogens (tertiary/aromatic N) is 4. The number of nitrogen functional groups attached to an aromatic ring is 1. The normalized spacial score (nSPS) is 10.7. The summed E-state index contributed by atoms with van der Waals surface area (Å²) in [7, 11) is 0. The minimum Gasteiger partial charge on any atom is -0.384 e. The summed E-state index contributed by atoms with van der Waals surface area (Å²) in [5.74, 6) is 0.534. The van der Waals surface area contributed by atoms with E-state index in [1.165, 1.54) is 0 Å². The van der Waals surface area contributed by atoms with E-state index in [-0.39, 0.29) is 0 Å². The summed E-state index contributed by atoms with van der Waals surface area (Å²) in [6.07, 6.45) is 3.42. The van der Waals surface area contributed by atoms with Gasteiger partial charge >= 0.3 is 0 Å². The zero-order valence-electron chi connectivity index (χ0n) is 9.83. The van der Waals surface area contributed by atoms with E-state index in [9.17, 15) is 0 Å². The van der Waals surface area contributed by atoms with Gasteiger partial charge in [0.2, 0.25) is 0 Å². The lowest BCUT2D eigenvalue weighted by atomic mass is 10.1. The highest BCUT2D eigenvalue weighted by Crippen LogP contribution is 2.28. The first-order valence-corrected chi connectivity index (χ1v) is 5.53. The Morgan fingerprint density at radius 1 is 1.17 bits per heavy atom. The number of nitrogens with one attached hydrogen (secondary N) is 1. The second kappa shape index (κ2) is 3.99. The minimum atomic E-state index is 0.534. The number of anilines is 1. The van der Waals surface area contributed by atoms with E-state index in [1.54, 1.807) is 17.2 Å². The van der Waals surface area contributed by atoms with Crippen LogP contribution in [0.1, 0.15) is 5.69 Å². The monoisotopic (exact) mass is 240 g/mol. The first-order chi connectivity index (χ1) is 8.75. The molecule has 2 heterocycles. The van der Waals surface area contributed by atoms with E-state index >= 15 is 0 Å². The average molecular weight is 240 g/mol. The molecule has 2 aromatic heterocycles. The molecule has 18 heavy (non-hydrogen) atoms. The third kappa shape index (κ3) is 1.64. The van der Waals surface area contributed by atoms with E-state index in [0.717, 1.165) is 22.5 Å². The van der Waals surface area contributed by atoms with Crippen molar-refractivity contribution in [2.45, 2.75) is 6.92 Å². The van der Waals surface area contributed by atoms with Gasteiger partial charge in [0, 0.05) is 11.1 Å². The molecular weight excluding hydrogens is 228 g/mol. The van der Waals surface area contributed by atoms with Gasteiger partial charge in [0.1, 0.15) is 5.82 Å². The predicted octanol–water partition coefficient (Wildman–Crippen LogP) is 1.55. The largest absolute Gasteiger partial charge is 0.384 e. The fourth-order valence-electron chi connectivity index (χ4n) is 1.84. The van der Waals surface area contributed by atoms with Crippen molar-refractivity contribution in [1.82, 2.24) is 25.2 Å². The number of hydrogen-bond donors (Lipinski definition) is 2. The summed E-state index contributed by atoms with van der Waals surface area (Å²) in [5.41, 5.74) is 9.39. The van der Waals surface area contributed by atoms with E-state index < -0.39 is 0 Å². The molecule has 0 aliphatic rings. The lowest BCUT2D eigenvalue weighted by Gasteiger charge is -2.07. The van der Waals surface area contributed by atoms with Gasteiger partial charge in [-0.15, -0.1) is 0 Å². The maximum absolute atomic E-state index is 5.86. The molecule has 90 valence electrons. The Kier molecular flexibility index (Phi) is 2.33. The summed E-state index contributed by atoms with van der Waals surface area (Å²) >= 11 is 0. The van der Waals surface area contributed by atoms with Gasteiger partial charge in [-0.2, -0.15) is 20.1 Å². The Bertz CT molecular complexity index is 681. The number of hydrogen-bond acceptors (Lipinski definition) is 4. The molecule has 0 amide bonds. The van der Waals surface area contributed by atoms with Gasteiger partial charge in [0.15, 0.2) is 0 Å². The Morgan fingerprint density at radius 2 is 2.00 bits per heavy atom. The van der Waals surface area contributed by atoms with Crippen LogP contribution in [-0.4, -0.2) is 25.2 Å². The highest BCUT2D eigenvalue weighted by molar-refractivity contribution is 5.79. The van der Waals surface area contributed by atoms with Crippen LogP contribution in [-0.2, 0) is 0 Å². The summed E-state index contributed by atoms with van der Waals surface area (Å²) in [4.78, 5) is 1.59. The van der Waals surface area contributed by atoms with E-state index in [4.69, 9.17) is 5.73 Å². The van der Waals surface area contributed by atoms with E-state index in [2.05, 4.69) is 20.4 Å². The molecule has 0 radical (unpaired) electrons. The summed E-state index contributed by atoms with van der Waals surface area (Å²) in [6.45, 7) is 1.90. The molecule has 0 bridgehead atoms. The Balaban J connectivity index is 2.20. The van der Waals surface area contributed by atoms with Crippen molar-refractivity contribution in [1.29, 1.82) is 0 Å². The Hall–Kier alpha value is -2.63.